The largest absolute Gasteiger partial charge is 0.350 e. The molecular weight excluding hydrogens is 443 g/mol. The van der Waals surface area contributed by atoms with Gasteiger partial charge in [0.1, 0.15) is 6.04 Å². The summed E-state index contributed by atoms with van der Waals surface area (Å²) in [6.45, 7) is 7.85. The smallest absolute Gasteiger partial charge is 0.243 e. The first-order chi connectivity index (χ1) is 14.0. The molecule has 0 aliphatic carbocycles. The Bertz CT molecular complexity index is 910. The van der Waals surface area contributed by atoms with Crippen molar-refractivity contribution in [3.8, 4) is 0 Å². The molecule has 2 aromatic carbocycles. The van der Waals surface area contributed by atoms with Crippen LogP contribution in [-0.4, -0.2) is 28.3 Å². The Morgan fingerprint density at radius 1 is 1.00 bits per heavy atom. The molecule has 0 aliphatic rings. The summed E-state index contributed by atoms with van der Waals surface area (Å²) in [5, 5.41) is 4.34. The highest BCUT2D eigenvalue weighted by molar-refractivity contribution is 6.42. The summed E-state index contributed by atoms with van der Waals surface area (Å²) in [4.78, 5) is 27.9. The fraction of sp³-hybridized carbons (Fsp3) is 0.391. The summed E-state index contributed by atoms with van der Waals surface area (Å²) in [6, 6.07) is 11.8. The second kappa shape index (κ2) is 10.5. The Kier molecular flexibility index (Phi) is 8.60. The maximum absolute atomic E-state index is 13.3. The highest BCUT2D eigenvalue weighted by Gasteiger charge is 2.31. The van der Waals surface area contributed by atoms with Crippen LogP contribution >= 0.6 is 34.8 Å². The average molecular weight is 470 g/mol. The van der Waals surface area contributed by atoms with Crippen LogP contribution < -0.4 is 5.32 Å². The van der Waals surface area contributed by atoms with Gasteiger partial charge in [-0.25, -0.2) is 0 Å². The summed E-state index contributed by atoms with van der Waals surface area (Å²) in [5.74, 6) is -0.386. The molecule has 0 spiro atoms. The molecule has 0 aliphatic heterocycles. The summed E-state index contributed by atoms with van der Waals surface area (Å²) < 4.78 is 0. The van der Waals surface area contributed by atoms with Crippen LogP contribution in [0.5, 0.6) is 0 Å². The Morgan fingerprint density at radius 3 is 2.23 bits per heavy atom. The van der Waals surface area contributed by atoms with E-state index in [9.17, 15) is 9.59 Å². The fourth-order valence-corrected chi connectivity index (χ4v) is 3.64. The van der Waals surface area contributed by atoms with E-state index in [0.29, 0.717) is 21.5 Å². The van der Waals surface area contributed by atoms with E-state index >= 15 is 0 Å². The van der Waals surface area contributed by atoms with Crippen molar-refractivity contribution in [2.45, 2.75) is 58.7 Å². The Labute approximate surface area is 193 Å². The number of nitrogens with one attached hydrogen (secondary N) is 1. The van der Waals surface area contributed by atoms with Crippen molar-refractivity contribution in [3.05, 3.63) is 68.7 Å². The van der Waals surface area contributed by atoms with Crippen molar-refractivity contribution in [1.82, 2.24) is 10.2 Å². The normalized spacial score (nSPS) is 12.4. The number of benzene rings is 2. The van der Waals surface area contributed by atoms with Crippen LogP contribution in [0.25, 0.3) is 0 Å². The minimum absolute atomic E-state index is 0.0975. The molecule has 0 aromatic heterocycles. The lowest BCUT2D eigenvalue weighted by Gasteiger charge is -2.33. The highest BCUT2D eigenvalue weighted by Crippen LogP contribution is 2.25. The molecule has 0 radical (unpaired) electrons. The predicted octanol–water partition coefficient (Wildman–Crippen LogP) is 5.91. The van der Waals surface area contributed by atoms with Crippen LogP contribution in [0.1, 0.15) is 45.2 Å². The van der Waals surface area contributed by atoms with Gasteiger partial charge in [0.15, 0.2) is 0 Å². The molecule has 2 rings (SSSR count). The Balaban J connectivity index is 2.36. The molecule has 2 aromatic rings. The van der Waals surface area contributed by atoms with Gasteiger partial charge in [-0.2, -0.15) is 0 Å². The molecule has 0 fully saturated rings. The van der Waals surface area contributed by atoms with Crippen LogP contribution in [0.3, 0.4) is 0 Å². The lowest BCUT2D eigenvalue weighted by molar-refractivity contribution is -0.141. The number of amides is 2. The van der Waals surface area contributed by atoms with Crippen molar-refractivity contribution >= 4 is 46.6 Å². The van der Waals surface area contributed by atoms with Gasteiger partial charge < -0.3 is 10.2 Å². The van der Waals surface area contributed by atoms with Gasteiger partial charge in [0.05, 0.1) is 16.5 Å². The number of hydrogen-bond acceptors (Lipinski definition) is 2. The maximum atomic E-state index is 13.3. The van der Waals surface area contributed by atoms with E-state index in [4.69, 9.17) is 34.8 Å². The number of nitrogens with zero attached hydrogens (tertiary/aromatic N) is 1. The van der Waals surface area contributed by atoms with Crippen LogP contribution in [0.15, 0.2) is 42.5 Å². The first kappa shape index (κ1) is 24.5. The van der Waals surface area contributed by atoms with Crippen molar-refractivity contribution < 1.29 is 9.59 Å². The minimum atomic E-state index is -0.631. The zero-order valence-corrected chi connectivity index (χ0v) is 19.9. The topological polar surface area (TPSA) is 49.4 Å². The molecule has 2 amide bonds. The molecule has 0 bridgehead atoms. The zero-order chi connectivity index (χ0) is 22.5. The van der Waals surface area contributed by atoms with Gasteiger partial charge >= 0.3 is 0 Å². The third-order valence-corrected chi connectivity index (χ3v) is 5.63. The van der Waals surface area contributed by atoms with Gasteiger partial charge in [-0.1, -0.05) is 66.0 Å². The molecule has 0 unspecified atom stereocenters. The van der Waals surface area contributed by atoms with Gasteiger partial charge in [0.25, 0.3) is 0 Å². The van der Waals surface area contributed by atoms with Gasteiger partial charge in [-0.15, -0.1) is 0 Å². The molecule has 162 valence electrons. The molecular formula is C23H27Cl3N2O2. The monoisotopic (exact) mass is 468 g/mol. The molecule has 1 N–H and O–H groups in total. The number of carbonyl (C=O) groups excluding carboxylic acids is 2. The molecule has 30 heavy (non-hydrogen) atoms. The van der Waals surface area contributed by atoms with Crippen LogP contribution in [0.2, 0.25) is 15.1 Å². The average Bonchev–Trinajstić information content (AvgIpc) is 2.64. The second-order valence-corrected chi connectivity index (χ2v) is 9.42. The number of rotatable bonds is 7. The van der Waals surface area contributed by atoms with E-state index in [1.54, 1.807) is 29.2 Å². The van der Waals surface area contributed by atoms with Crippen LogP contribution in [0, 0.1) is 0 Å². The van der Waals surface area contributed by atoms with Gasteiger partial charge in [0, 0.05) is 17.1 Å². The van der Waals surface area contributed by atoms with Gasteiger partial charge in [-0.05, 0) is 56.5 Å². The van der Waals surface area contributed by atoms with Crippen LogP contribution in [-0.2, 0) is 22.6 Å². The number of carbonyl (C=O) groups is 2. The Hall–Kier alpha value is -1.75. The predicted molar refractivity (Wildman–Crippen MR) is 124 cm³/mol. The minimum Gasteiger partial charge on any atom is -0.350 e. The lowest BCUT2D eigenvalue weighted by atomic mass is 10.0. The van der Waals surface area contributed by atoms with E-state index in [0.717, 1.165) is 11.1 Å². The lowest BCUT2D eigenvalue weighted by Crippen LogP contribution is -2.53. The van der Waals surface area contributed by atoms with E-state index < -0.39 is 11.6 Å². The Morgan fingerprint density at radius 2 is 1.67 bits per heavy atom. The fourth-order valence-electron chi connectivity index (χ4n) is 3.11. The van der Waals surface area contributed by atoms with Crippen molar-refractivity contribution in [3.63, 3.8) is 0 Å². The van der Waals surface area contributed by atoms with E-state index in [1.807, 2.05) is 45.9 Å². The third kappa shape index (κ3) is 6.90. The quantitative estimate of drug-likeness (QED) is 0.548. The summed E-state index contributed by atoms with van der Waals surface area (Å²) in [5.41, 5.74) is 1.10. The van der Waals surface area contributed by atoms with Crippen LogP contribution in [0.4, 0.5) is 0 Å². The molecule has 0 heterocycles. The maximum Gasteiger partial charge on any atom is 0.243 e. The van der Waals surface area contributed by atoms with Gasteiger partial charge in [-0.3, -0.25) is 9.59 Å². The number of hydrogen-bond donors (Lipinski definition) is 1. The van der Waals surface area contributed by atoms with Crippen molar-refractivity contribution in [1.29, 1.82) is 0 Å². The zero-order valence-electron chi connectivity index (χ0n) is 17.6. The first-order valence-corrected chi connectivity index (χ1v) is 10.9. The SMILES string of the molecule is CC[C@@H](C(=O)NC(C)(C)C)N(Cc1ccc(Cl)c(Cl)c1)C(=O)Cc1ccccc1Cl. The standard InChI is InChI=1S/C23H27Cl3N2O2/c1-5-20(22(30)27-23(2,3)4)28(14-15-10-11-18(25)19(26)12-15)21(29)13-16-8-6-7-9-17(16)24/h6-12,20H,5,13-14H2,1-4H3,(H,27,30)/t20-/m0/s1. The first-order valence-electron chi connectivity index (χ1n) is 9.80. The summed E-state index contributed by atoms with van der Waals surface area (Å²) >= 11 is 18.4. The molecule has 0 saturated carbocycles. The molecule has 1 atom stereocenters. The molecule has 0 saturated heterocycles. The number of halogens is 3. The van der Waals surface area contributed by atoms with Gasteiger partial charge in [0.2, 0.25) is 11.8 Å². The van der Waals surface area contributed by atoms with Crippen molar-refractivity contribution in [2.75, 3.05) is 0 Å². The summed E-state index contributed by atoms with van der Waals surface area (Å²) in [7, 11) is 0. The summed E-state index contributed by atoms with van der Waals surface area (Å²) in [6.07, 6.45) is 0.567. The van der Waals surface area contributed by atoms with E-state index in [-0.39, 0.29) is 24.8 Å². The van der Waals surface area contributed by atoms with Crippen molar-refractivity contribution in [2.24, 2.45) is 0 Å². The molecule has 7 heteroatoms. The third-order valence-electron chi connectivity index (χ3n) is 4.52. The van der Waals surface area contributed by atoms with E-state index in [1.165, 1.54) is 0 Å². The highest BCUT2D eigenvalue weighted by atomic mass is 35.5. The van der Waals surface area contributed by atoms with E-state index in [2.05, 4.69) is 5.32 Å². The molecule has 4 nitrogen and oxygen atoms in total. The second-order valence-electron chi connectivity index (χ2n) is 8.20.